The van der Waals surface area contributed by atoms with E-state index >= 15 is 0 Å². The highest BCUT2D eigenvalue weighted by Gasteiger charge is 2.36. The molecular formula is C26H43N3O6. The third-order valence-electron chi connectivity index (χ3n) is 5.38. The van der Waals surface area contributed by atoms with E-state index in [-0.39, 0.29) is 18.2 Å². The molecule has 0 saturated heterocycles. The number of aromatic hydroxyl groups is 1. The zero-order valence-electron chi connectivity index (χ0n) is 22.0. The molecule has 0 aliphatic heterocycles. The van der Waals surface area contributed by atoms with Crippen LogP contribution >= 0.6 is 0 Å². The predicted octanol–water partition coefficient (Wildman–Crippen LogP) is 3.56. The van der Waals surface area contributed by atoms with Crippen LogP contribution in [0.15, 0.2) is 18.2 Å². The maximum absolute atomic E-state index is 13.6. The number of nitrogens with one attached hydrogen (secondary N) is 2. The van der Waals surface area contributed by atoms with E-state index in [4.69, 9.17) is 4.74 Å². The second-order valence-electron chi connectivity index (χ2n) is 9.71. The number of phenols is 1. The second kappa shape index (κ2) is 14.6. The Hall–Kier alpha value is -2.81. The molecule has 198 valence electrons. The van der Waals surface area contributed by atoms with Gasteiger partial charge in [0.05, 0.1) is 6.61 Å². The van der Waals surface area contributed by atoms with E-state index in [9.17, 15) is 24.6 Å². The predicted molar refractivity (Wildman–Crippen MR) is 135 cm³/mol. The van der Waals surface area contributed by atoms with Gasteiger partial charge in [-0.3, -0.25) is 9.59 Å². The molecule has 0 aliphatic carbocycles. The van der Waals surface area contributed by atoms with E-state index in [0.29, 0.717) is 24.1 Å². The normalized spacial score (nSPS) is 13.0. The summed E-state index contributed by atoms with van der Waals surface area (Å²) in [5.41, 5.74) is 0.325. The lowest BCUT2D eigenvalue weighted by molar-refractivity contribution is -0.143. The molecule has 9 heteroatoms. The van der Waals surface area contributed by atoms with Crippen LogP contribution < -0.4 is 10.6 Å². The minimum Gasteiger partial charge on any atom is -0.508 e. The van der Waals surface area contributed by atoms with Gasteiger partial charge in [-0.25, -0.2) is 4.79 Å². The fourth-order valence-electron chi connectivity index (χ4n) is 3.54. The van der Waals surface area contributed by atoms with Gasteiger partial charge in [0.1, 0.15) is 23.4 Å². The van der Waals surface area contributed by atoms with Crippen LogP contribution in [0.5, 0.6) is 5.75 Å². The number of aryl methyl sites for hydroxylation is 1. The second-order valence-corrected chi connectivity index (χ2v) is 9.71. The zero-order chi connectivity index (χ0) is 26.6. The molecule has 0 aliphatic rings. The number of alkyl carbamates (subject to hydrolysis) is 1. The fourth-order valence-corrected chi connectivity index (χ4v) is 3.54. The fraction of sp³-hybridized carbons (Fsp3) is 0.654. The molecule has 0 spiro atoms. The number of hydrogen-bond donors (Lipinski definition) is 4. The Morgan fingerprint density at radius 2 is 1.74 bits per heavy atom. The molecule has 0 bridgehead atoms. The SMILES string of the molecule is CCCCCNC(=O)C(c1ccc(O)c(C)c1)N(CCCC)C(=O)C(CO)NC(=O)OC(C)(C)C. The lowest BCUT2D eigenvalue weighted by Gasteiger charge is -2.34. The highest BCUT2D eigenvalue weighted by atomic mass is 16.6. The third-order valence-corrected chi connectivity index (χ3v) is 5.38. The van der Waals surface area contributed by atoms with Crippen LogP contribution in [0.25, 0.3) is 0 Å². The molecule has 0 fully saturated rings. The Bertz CT molecular complexity index is 837. The van der Waals surface area contributed by atoms with Gasteiger partial charge in [0.15, 0.2) is 0 Å². The lowest BCUT2D eigenvalue weighted by atomic mass is 10.00. The zero-order valence-corrected chi connectivity index (χ0v) is 22.0. The summed E-state index contributed by atoms with van der Waals surface area (Å²) < 4.78 is 5.24. The Labute approximate surface area is 209 Å². The highest BCUT2D eigenvalue weighted by Crippen LogP contribution is 2.27. The van der Waals surface area contributed by atoms with Gasteiger partial charge >= 0.3 is 6.09 Å². The van der Waals surface area contributed by atoms with Gasteiger partial charge in [-0.05, 0) is 63.8 Å². The van der Waals surface area contributed by atoms with Crippen LogP contribution in [0.2, 0.25) is 0 Å². The minimum atomic E-state index is -1.28. The monoisotopic (exact) mass is 493 g/mol. The Morgan fingerprint density at radius 1 is 1.09 bits per heavy atom. The molecule has 35 heavy (non-hydrogen) atoms. The van der Waals surface area contributed by atoms with E-state index in [1.807, 2.05) is 6.92 Å². The van der Waals surface area contributed by atoms with Crippen molar-refractivity contribution in [1.82, 2.24) is 15.5 Å². The molecule has 0 saturated carbocycles. The number of carbonyl (C=O) groups is 3. The number of rotatable bonds is 13. The van der Waals surface area contributed by atoms with E-state index in [1.165, 1.54) is 11.0 Å². The van der Waals surface area contributed by atoms with Crippen molar-refractivity contribution < 1.29 is 29.3 Å². The molecule has 2 unspecified atom stereocenters. The summed E-state index contributed by atoms with van der Waals surface area (Å²) in [5, 5.41) is 25.3. The van der Waals surface area contributed by atoms with E-state index < -0.39 is 36.3 Å². The summed E-state index contributed by atoms with van der Waals surface area (Å²) in [6, 6.07) is 2.50. The van der Waals surface area contributed by atoms with Gasteiger partial charge in [0.25, 0.3) is 0 Å². The summed E-state index contributed by atoms with van der Waals surface area (Å²) >= 11 is 0. The maximum atomic E-state index is 13.6. The van der Waals surface area contributed by atoms with Gasteiger partial charge in [-0.1, -0.05) is 39.2 Å². The standard InChI is InChI=1S/C26H43N3O6/c1-7-9-11-14-27-23(32)22(19-12-13-21(31)18(3)16-19)29(15-10-8-2)24(33)20(17-30)28-25(34)35-26(4,5)6/h12-13,16,20,22,30-31H,7-11,14-15,17H2,1-6H3,(H,27,32)(H,28,34). The first-order valence-electron chi connectivity index (χ1n) is 12.4. The van der Waals surface area contributed by atoms with E-state index in [2.05, 4.69) is 17.6 Å². The summed E-state index contributed by atoms with van der Waals surface area (Å²) in [7, 11) is 0. The van der Waals surface area contributed by atoms with Crippen LogP contribution in [0, 0.1) is 6.92 Å². The van der Waals surface area contributed by atoms with Gasteiger partial charge in [-0.2, -0.15) is 0 Å². The molecule has 1 rings (SSSR count). The molecule has 4 N–H and O–H groups in total. The van der Waals surface area contributed by atoms with Crippen molar-refractivity contribution in [2.75, 3.05) is 19.7 Å². The molecule has 0 aromatic heterocycles. The van der Waals surface area contributed by atoms with Gasteiger partial charge in [-0.15, -0.1) is 0 Å². The van der Waals surface area contributed by atoms with Crippen LogP contribution in [0.4, 0.5) is 4.79 Å². The Morgan fingerprint density at radius 3 is 2.29 bits per heavy atom. The first-order valence-corrected chi connectivity index (χ1v) is 12.4. The lowest BCUT2D eigenvalue weighted by Crippen LogP contribution is -2.54. The number of carbonyl (C=O) groups excluding carboxylic acids is 3. The quantitative estimate of drug-likeness (QED) is 0.311. The van der Waals surface area contributed by atoms with Crippen molar-refractivity contribution in [1.29, 1.82) is 0 Å². The van der Waals surface area contributed by atoms with Crippen molar-refractivity contribution in [3.05, 3.63) is 29.3 Å². The summed E-state index contributed by atoms with van der Waals surface area (Å²) in [5.74, 6) is -0.863. The Kier molecular flexibility index (Phi) is 12.6. The molecule has 0 radical (unpaired) electrons. The van der Waals surface area contributed by atoms with Gasteiger partial charge in [0, 0.05) is 13.1 Å². The van der Waals surface area contributed by atoms with Gasteiger partial charge in [0.2, 0.25) is 11.8 Å². The average Bonchev–Trinajstić information content (AvgIpc) is 2.78. The number of aliphatic hydroxyl groups is 1. The summed E-state index contributed by atoms with van der Waals surface area (Å²) in [4.78, 5) is 40.7. The molecule has 3 amide bonds. The number of phenolic OH excluding ortho intramolecular Hbond substituents is 1. The summed E-state index contributed by atoms with van der Waals surface area (Å²) in [6.45, 7) is 10.9. The van der Waals surface area contributed by atoms with Gasteiger partial charge < -0.3 is 30.5 Å². The van der Waals surface area contributed by atoms with Crippen molar-refractivity contribution in [2.45, 2.75) is 91.3 Å². The molecule has 2 atom stereocenters. The minimum absolute atomic E-state index is 0.0853. The number of hydrogen-bond acceptors (Lipinski definition) is 6. The summed E-state index contributed by atoms with van der Waals surface area (Å²) in [6.07, 6.45) is 3.34. The third kappa shape index (κ3) is 10.1. The molecule has 0 heterocycles. The Balaban J connectivity index is 3.34. The highest BCUT2D eigenvalue weighted by molar-refractivity contribution is 5.92. The maximum Gasteiger partial charge on any atom is 0.408 e. The first kappa shape index (κ1) is 30.2. The van der Waals surface area contributed by atoms with Crippen molar-refractivity contribution in [2.24, 2.45) is 0 Å². The number of aliphatic hydroxyl groups excluding tert-OH is 1. The van der Waals surface area contributed by atoms with Crippen molar-refractivity contribution >= 4 is 17.9 Å². The smallest absolute Gasteiger partial charge is 0.408 e. The number of unbranched alkanes of at least 4 members (excludes halogenated alkanes) is 3. The van der Waals surface area contributed by atoms with Crippen LogP contribution in [-0.4, -0.2) is 64.4 Å². The van der Waals surface area contributed by atoms with E-state index in [1.54, 1.807) is 39.8 Å². The molecule has 9 nitrogen and oxygen atoms in total. The molecule has 1 aromatic rings. The number of benzene rings is 1. The average molecular weight is 494 g/mol. The van der Waals surface area contributed by atoms with Crippen LogP contribution in [0.1, 0.15) is 83.9 Å². The number of nitrogens with zero attached hydrogens (tertiary/aromatic N) is 1. The largest absolute Gasteiger partial charge is 0.508 e. The first-order chi connectivity index (χ1) is 16.4. The van der Waals surface area contributed by atoms with Crippen LogP contribution in [-0.2, 0) is 14.3 Å². The number of amides is 3. The molecule has 1 aromatic carbocycles. The molecular weight excluding hydrogens is 450 g/mol. The van der Waals surface area contributed by atoms with Crippen LogP contribution in [0.3, 0.4) is 0 Å². The topological polar surface area (TPSA) is 128 Å². The van der Waals surface area contributed by atoms with E-state index in [0.717, 1.165) is 25.7 Å². The van der Waals surface area contributed by atoms with Crippen molar-refractivity contribution in [3.63, 3.8) is 0 Å². The number of ether oxygens (including phenoxy) is 1. The van der Waals surface area contributed by atoms with Crippen molar-refractivity contribution in [3.8, 4) is 5.75 Å².